The molecule has 0 amide bonds. The Morgan fingerprint density at radius 1 is 0.275 bits per heavy atom. The van der Waals surface area contributed by atoms with Gasteiger partial charge in [-0.15, -0.1) is 11.3 Å². The van der Waals surface area contributed by atoms with Gasteiger partial charge in [0.25, 0.3) is 0 Å². The summed E-state index contributed by atoms with van der Waals surface area (Å²) in [5.41, 5.74) is 7.69. The summed E-state index contributed by atoms with van der Waals surface area (Å²) in [4.78, 5) is 15.4. The summed E-state index contributed by atoms with van der Waals surface area (Å²) in [5.74, 6) is 1.97. The van der Waals surface area contributed by atoms with Crippen LogP contribution in [0.3, 0.4) is 0 Å². The van der Waals surface area contributed by atoms with Crippen LogP contribution in [0.4, 0.5) is 0 Å². The van der Waals surface area contributed by atoms with Crippen LogP contribution in [0.5, 0.6) is 0 Å². The van der Waals surface area contributed by atoms with Crippen LogP contribution < -0.4 is 0 Å². The van der Waals surface area contributed by atoms with Crippen LogP contribution in [0, 0.1) is 0 Å². The van der Waals surface area contributed by atoms with Crippen LogP contribution in [0.1, 0.15) is 0 Å². The zero-order valence-electron chi connectivity index (χ0n) is 27.5. The lowest BCUT2D eigenvalue weighted by molar-refractivity contribution is 1.08. The van der Waals surface area contributed by atoms with E-state index in [4.69, 9.17) is 15.0 Å². The highest BCUT2D eigenvalue weighted by Gasteiger charge is 2.15. The highest BCUT2D eigenvalue weighted by molar-refractivity contribution is 7.25. The molecule has 0 radical (unpaired) electrons. The number of fused-ring (bicyclic) bond motifs is 5. The first kappa shape index (κ1) is 29.4. The molecule has 0 fully saturated rings. The van der Waals surface area contributed by atoms with E-state index in [1.807, 2.05) is 12.1 Å². The molecule has 0 aliphatic heterocycles. The van der Waals surface area contributed by atoms with Gasteiger partial charge in [-0.1, -0.05) is 140 Å². The van der Waals surface area contributed by atoms with Crippen LogP contribution in [-0.4, -0.2) is 15.0 Å². The third-order valence-electron chi connectivity index (χ3n) is 9.68. The molecule has 2 aromatic heterocycles. The number of thiophene rings is 1. The zero-order valence-corrected chi connectivity index (χ0v) is 28.3. The standard InChI is InChI=1S/C47H29N3S/c1-3-9-30(10-4-1)32-15-17-36-27-38(21-19-34(36)25-32)45-48-46(39-22-20-35-26-33(16-18-37(35)28-39)31-11-5-2-6-12-31)50-47(49-45)40-23-24-42-41-13-7-8-14-43(41)51-44(42)29-40/h1-29H. The van der Waals surface area contributed by atoms with E-state index in [1.165, 1.54) is 53.2 Å². The van der Waals surface area contributed by atoms with E-state index in [-0.39, 0.29) is 0 Å². The molecule has 8 aromatic carbocycles. The molecule has 0 N–H and O–H groups in total. The lowest BCUT2D eigenvalue weighted by Crippen LogP contribution is -2.00. The predicted octanol–water partition coefficient (Wildman–Crippen LogP) is 12.9. The van der Waals surface area contributed by atoms with Crippen molar-refractivity contribution in [1.29, 1.82) is 0 Å². The van der Waals surface area contributed by atoms with Gasteiger partial charge in [-0.05, 0) is 80.2 Å². The summed E-state index contributed by atoms with van der Waals surface area (Å²) in [6.07, 6.45) is 0. The van der Waals surface area contributed by atoms with Crippen LogP contribution in [0.2, 0.25) is 0 Å². The molecular formula is C47H29N3S. The number of benzene rings is 8. The van der Waals surface area contributed by atoms with Gasteiger partial charge < -0.3 is 0 Å². The van der Waals surface area contributed by atoms with Crippen LogP contribution in [0.25, 0.3) is 98.1 Å². The maximum atomic E-state index is 5.12. The second kappa shape index (κ2) is 12.1. The highest BCUT2D eigenvalue weighted by atomic mass is 32.1. The first-order valence-electron chi connectivity index (χ1n) is 17.1. The molecular weight excluding hydrogens is 639 g/mol. The van der Waals surface area contributed by atoms with Crippen LogP contribution >= 0.6 is 11.3 Å². The molecule has 4 heteroatoms. The maximum absolute atomic E-state index is 5.12. The lowest BCUT2D eigenvalue weighted by Gasteiger charge is -2.11. The maximum Gasteiger partial charge on any atom is 0.164 e. The summed E-state index contributed by atoms with van der Waals surface area (Å²) in [6.45, 7) is 0. The molecule has 0 atom stereocenters. The largest absolute Gasteiger partial charge is 0.208 e. The minimum absolute atomic E-state index is 0.653. The van der Waals surface area contributed by atoms with Crippen molar-refractivity contribution in [3.05, 3.63) is 176 Å². The Bertz CT molecular complexity index is 2770. The molecule has 0 aliphatic carbocycles. The molecule has 0 aliphatic rings. The Balaban J connectivity index is 1.10. The topological polar surface area (TPSA) is 38.7 Å². The van der Waals surface area contributed by atoms with Crippen molar-refractivity contribution in [2.24, 2.45) is 0 Å². The number of aromatic nitrogens is 3. The average molecular weight is 668 g/mol. The van der Waals surface area contributed by atoms with Gasteiger partial charge in [0.1, 0.15) is 0 Å². The van der Waals surface area contributed by atoms with E-state index in [1.54, 1.807) is 11.3 Å². The molecule has 10 aromatic rings. The first-order chi connectivity index (χ1) is 25.2. The third kappa shape index (κ3) is 5.43. The second-order valence-electron chi connectivity index (χ2n) is 12.9. The van der Waals surface area contributed by atoms with Gasteiger partial charge in [-0.25, -0.2) is 15.0 Å². The van der Waals surface area contributed by atoms with Crippen molar-refractivity contribution in [2.45, 2.75) is 0 Å². The van der Waals surface area contributed by atoms with Crippen molar-refractivity contribution < 1.29 is 0 Å². The molecule has 0 saturated heterocycles. The van der Waals surface area contributed by atoms with Gasteiger partial charge in [0.15, 0.2) is 17.5 Å². The van der Waals surface area contributed by atoms with Gasteiger partial charge in [0, 0.05) is 36.9 Å². The van der Waals surface area contributed by atoms with Crippen molar-refractivity contribution in [3.8, 4) is 56.4 Å². The molecule has 10 rings (SSSR count). The summed E-state index contributed by atoms with van der Waals surface area (Å²) < 4.78 is 2.50. The van der Waals surface area contributed by atoms with E-state index in [0.29, 0.717) is 17.5 Å². The Morgan fingerprint density at radius 2 is 0.667 bits per heavy atom. The fourth-order valence-electron chi connectivity index (χ4n) is 7.02. The SMILES string of the molecule is c1ccc(-c2ccc3cc(-c4nc(-c5ccc6cc(-c7ccccc7)ccc6c5)nc(-c5ccc6c(c5)sc5ccccc56)n4)ccc3c2)cc1. The van der Waals surface area contributed by atoms with Crippen molar-refractivity contribution in [2.75, 3.05) is 0 Å². The number of hydrogen-bond donors (Lipinski definition) is 0. The van der Waals surface area contributed by atoms with E-state index in [9.17, 15) is 0 Å². The van der Waals surface area contributed by atoms with Crippen LogP contribution in [0.15, 0.2) is 176 Å². The molecule has 238 valence electrons. The fourth-order valence-corrected chi connectivity index (χ4v) is 8.16. The smallest absolute Gasteiger partial charge is 0.164 e. The quantitative estimate of drug-likeness (QED) is 0.183. The third-order valence-corrected chi connectivity index (χ3v) is 10.8. The zero-order chi connectivity index (χ0) is 33.7. The molecule has 2 heterocycles. The van der Waals surface area contributed by atoms with Gasteiger partial charge in [-0.2, -0.15) is 0 Å². The molecule has 0 bridgehead atoms. The van der Waals surface area contributed by atoms with Gasteiger partial charge >= 0.3 is 0 Å². The van der Waals surface area contributed by atoms with E-state index in [0.717, 1.165) is 27.5 Å². The molecule has 51 heavy (non-hydrogen) atoms. The monoisotopic (exact) mass is 667 g/mol. The number of rotatable bonds is 5. The van der Waals surface area contributed by atoms with E-state index in [2.05, 4.69) is 164 Å². The fraction of sp³-hybridized carbons (Fsp3) is 0. The van der Waals surface area contributed by atoms with Gasteiger partial charge in [-0.3, -0.25) is 0 Å². The Kier molecular flexibility index (Phi) is 7.00. The van der Waals surface area contributed by atoms with Crippen molar-refractivity contribution in [3.63, 3.8) is 0 Å². The Morgan fingerprint density at radius 3 is 1.20 bits per heavy atom. The Labute approximate surface area is 299 Å². The Hall–Kier alpha value is -6.49. The molecule has 3 nitrogen and oxygen atoms in total. The summed E-state index contributed by atoms with van der Waals surface area (Å²) in [6, 6.07) is 62.3. The minimum atomic E-state index is 0.653. The summed E-state index contributed by atoms with van der Waals surface area (Å²) >= 11 is 1.80. The normalized spacial score (nSPS) is 11.5. The summed E-state index contributed by atoms with van der Waals surface area (Å²) in [7, 11) is 0. The summed E-state index contributed by atoms with van der Waals surface area (Å²) in [5, 5.41) is 7.16. The molecule has 0 saturated carbocycles. The molecule has 0 unspecified atom stereocenters. The second-order valence-corrected chi connectivity index (χ2v) is 14.0. The first-order valence-corrected chi connectivity index (χ1v) is 17.9. The van der Waals surface area contributed by atoms with E-state index >= 15 is 0 Å². The lowest BCUT2D eigenvalue weighted by atomic mass is 9.99. The van der Waals surface area contributed by atoms with Gasteiger partial charge in [0.05, 0.1) is 0 Å². The van der Waals surface area contributed by atoms with Gasteiger partial charge in [0.2, 0.25) is 0 Å². The van der Waals surface area contributed by atoms with Crippen LogP contribution in [-0.2, 0) is 0 Å². The van der Waals surface area contributed by atoms with E-state index < -0.39 is 0 Å². The highest BCUT2D eigenvalue weighted by Crippen LogP contribution is 2.37. The molecule has 0 spiro atoms. The van der Waals surface area contributed by atoms with Crippen molar-refractivity contribution >= 4 is 53.1 Å². The minimum Gasteiger partial charge on any atom is -0.208 e. The average Bonchev–Trinajstić information content (AvgIpc) is 3.58. The predicted molar refractivity (Wildman–Crippen MR) is 215 cm³/mol. The number of nitrogens with zero attached hydrogens (tertiary/aromatic N) is 3. The number of hydrogen-bond acceptors (Lipinski definition) is 4. The van der Waals surface area contributed by atoms with Crippen molar-refractivity contribution in [1.82, 2.24) is 15.0 Å².